The third-order valence-corrected chi connectivity index (χ3v) is 5.83. The highest BCUT2D eigenvalue weighted by Crippen LogP contribution is 2.18. The van der Waals surface area contributed by atoms with Gasteiger partial charge >= 0.3 is 8.80 Å². The van der Waals surface area contributed by atoms with Crippen LogP contribution in [0.25, 0.3) is 0 Å². The zero-order valence-corrected chi connectivity index (χ0v) is 14.0. The molecule has 4 nitrogen and oxygen atoms in total. The highest BCUT2D eigenvalue weighted by Gasteiger charge is 2.39. The van der Waals surface area contributed by atoms with Crippen LogP contribution in [-0.4, -0.2) is 53.2 Å². The Kier molecular flexibility index (Phi) is 11.5. The minimum absolute atomic E-state index is 0.566. The standard InChI is InChI=1S/C15H27NO3Si/c1-6-12-16(13-7-2)14-11-15-20(17-8-3,18-9-4)19-10-5/h1-2H,8-15H2,3-5H3. The van der Waals surface area contributed by atoms with Crippen molar-refractivity contribution in [2.24, 2.45) is 0 Å². The molecule has 0 heterocycles. The molecule has 0 rings (SSSR count). The van der Waals surface area contributed by atoms with Crippen LogP contribution in [0.1, 0.15) is 27.2 Å². The van der Waals surface area contributed by atoms with Gasteiger partial charge in [0.2, 0.25) is 0 Å². The molecule has 0 saturated carbocycles. The van der Waals surface area contributed by atoms with E-state index < -0.39 is 8.80 Å². The van der Waals surface area contributed by atoms with Crippen molar-refractivity contribution in [1.29, 1.82) is 0 Å². The van der Waals surface area contributed by atoms with E-state index in [0.29, 0.717) is 32.9 Å². The number of terminal acetylenes is 2. The molecule has 5 heteroatoms. The van der Waals surface area contributed by atoms with E-state index in [1.807, 2.05) is 20.8 Å². The third-order valence-electron chi connectivity index (χ3n) is 2.68. The lowest BCUT2D eigenvalue weighted by molar-refractivity contribution is 0.0701. The summed E-state index contributed by atoms with van der Waals surface area (Å²) >= 11 is 0. The highest BCUT2D eigenvalue weighted by molar-refractivity contribution is 6.60. The summed E-state index contributed by atoms with van der Waals surface area (Å²) in [6, 6.07) is 0.786. The Morgan fingerprint density at radius 3 is 1.70 bits per heavy atom. The molecule has 0 aliphatic heterocycles. The predicted molar refractivity (Wildman–Crippen MR) is 84.2 cm³/mol. The summed E-state index contributed by atoms with van der Waals surface area (Å²) in [5, 5.41) is 0. The molecule has 0 aliphatic carbocycles. The Labute approximate surface area is 125 Å². The maximum absolute atomic E-state index is 5.81. The monoisotopic (exact) mass is 297 g/mol. The van der Waals surface area contributed by atoms with Gasteiger partial charge < -0.3 is 13.3 Å². The van der Waals surface area contributed by atoms with Crippen LogP contribution in [0.15, 0.2) is 0 Å². The van der Waals surface area contributed by atoms with Crippen LogP contribution in [-0.2, 0) is 13.3 Å². The summed E-state index contributed by atoms with van der Waals surface area (Å²) in [6.45, 7) is 9.65. The van der Waals surface area contributed by atoms with Crippen LogP contribution in [0, 0.1) is 24.7 Å². The van der Waals surface area contributed by atoms with Gasteiger partial charge in [0.1, 0.15) is 0 Å². The van der Waals surface area contributed by atoms with Crippen LogP contribution < -0.4 is 0 Å². The van der Waals surface area contributed by atoms with Crippen molar-refractivity contribution in [3.63, 3.8) is 0 Å². The average molecular weight is 297 g/mol. The maximum atomic E-state index is 5.81. The molecule has 0 saturated heterocycles. The SMILES string of the molecule is C#CCN(CC#C)CCC[Si](OCC)(OCC)OCC. The van der Waals surface area contributed by atoms with Crippen LogP contribution >= 0.6 is 0 Å². The molecule has 0 aromatic rings. The van der Waals surface area contributed by atoms with E-state index in [0.717, 1.165) is 19.0 Å². The van der Waals surface area contributed by atoms with Crippen molar-refractivity contribution in [3.8, 4) is 24.7 Å². The minimum atomic E-state index is -2.54. The Morgan fingerprint density at radius 2 is 1.35 bits per heavy atom. The molecule has 0 fully saturated rings. The van der Waals surface area contributed by atoms with E-state index in [-0.39, 0.29) is 0 Å². The zero-order chi connectivity index (χ0) is 15.3. The Bertz CT molecular complexity index is 289. The number of hydrogen-bond acceptors (Lipinski definition) is 4. The van der Waals surface area contributed by atoms with Gasteiger partial charge in [0.15, 0.2) is 0 Å². The van der Waals surface area contributed by atoms with Crippen LogP contribution in [0.5, 0.6) is 0 Å². The quantitative estimate of drug-likeness (QED) is 0.407. The fraction of sp³-hybridized carbons (Fsp3) is 0.733. The minimum Gasteiger partial charge on any atom is -0.374 e. The van der Waals surface area contributed by atoms with E-state index >= 15 is 0 Å². The second-order valence-electron chi connectivity index (χ2n) is 4.20. The van der Waals surface area contributed by atoms with Gasteiger partial charge in [-0.15, -0.1) is 12.8 Å². The molecule has 0 radical (unpaired) electrons. The summed E-state index contributed by atoms with van der Waals surface area (Å²) in [6.07, 6.45) is 11.6. The largest absolute Gasteiger partial charge is 0.500 e. The normalized spacial score (nSPS) is 11.3. The lowest BCUT2D eigenvalue weighted by Gasteiger charge is -2.29. The molecule has 20 heavy (non-hydrogen) atoms. The van der Waals surface area contributed by atoms with Gasteiger partial charge in [-0.05, 0) is 27.2 Å². The van der Waals surface area contributed by atoms with Gasteiger partial charge in [-0.1, -0.05) is 11.8 Å². The topological polar surface area (TPSA) is 30.9 Å². The molecule has 0 aromatic heterocycles. The fourth-order valence-electron chi connectivity index (χ4n) is 1.99. The smallest absolute Gasteiger partial charge is 0.374 e. The fourth-order valence-corrected chi connectivity index (χ4v) is 4.59. The Balaban J connectivity index is 4.43. The molecule has 0 atom stereocenters. The second-order valence-corrected chi connectivity index (χ2v) is 6.94. The van der Waals surface area contributed by atoms with E-state index in [2.05, 4.69) is 16.7 Å². The van der Waals surface area contributed by atoms with Crippen molar-refractivity contribution in [3.05, 3.63) is 0 Å². The molecule has 0 unspecified atom stereocenters. The van der Waals surface area contributed by atoms with Crippen molar-refractivity contribution in [1.82, 2.24) is 4.90 Å². The Hall–Kier alpha value is -0.823. The van der Waals surface area contributed by atoms with E-state index in [1.165, 1.54) is 0 Å². The van der Waals surface area contributed by atoms with Crippen molar-refractivity contribution in [2.75, 3.05) is 39.5 Å². The van der Waals surface area contributed by atoms with Crippen LogP contribution in [0.3, 0.4) is 0 Å². The van der Waals surface area contributed by atoms with E-state index in [1.54, 1.807) is 0 Å². The number of hydrogen-bond donors (Lipinski definition) is 0. The van der Waals surface area contributed by atoms with Gasteiger partial charge in [0.05, 0.1) is 13.1 Å². The van der Waals surface area contributed by atoms with Crippen molar-refractivity contribution in [2.45, 2.75) is 33.2 Å². The molecular weight excluding hydrogens is 270 g/mol. The van der Waals surface area contributed by atoms with E-state index in [9.17, 15) is 0 Å². The van der Waals surface area contributed by atoms with Gasteiger partial charge in [-0.3, -0.25) is 4.90 Å². The Morgan fingerprint density at radius 1 is 0.900 bits per heavy atom. The number of nitrogens with zero attached hydrogens (tertiary/aromatic N) is 1. The summed E-state index contributed by atoms with van der Waals surface area (Å²) < 4.78 is 17.4. The molecule has 0 N–H and O–H groups in total. The molecule has 0 aliphatic rings. The summed E-state index contributed by atoms with van der Waals surface area (Å²) in [5.41, 5.74) is 0. The van der Waals surface area contributed by atoms with Crippen molar-refractivity contribution < 1.29 is 13.3 Å². The predicted octanol–water partition coefficient (Wildman–Crippen LogP) is 1.99. The first kappa shape index (κ1) is 19.2. The second kappa shape index (κ2) is 12.0. The van der Waals surface area contributed by atoms with Gasteiger partial charge in [0.25, 0.3) is 0 Å². The van der Waals surface area contributed by atoms with Gasteiger partial charge in [-0.25, -0.2) is 0 Å². The number of rotatable bonds is 12. The summed E-state index contributed by atoms with van der Waals surface area (Å²) in [5.74, 6) is 5.25. The first-order valence-electron chi connectivity index (χ1n) is 7.19. The molecule has 0 amide bonds. The highest BCUT2D eigenvalue weighted by atomic mass is 28.4. The van der Waals surface area contributed by atoms with Crippen molar-refractivity contribution >= 4 is 8.80 Å². The lowest BCUT2D eigenvalue weighted by Crippen LogP contribution is -2.46. The van der Waals surface area contributed by atoms with E-state index in [4.69, 9.17) is 26.1 Å². The van der Waals surface area contributed by atoms with Crippen LogP contribution in [0.2, 0.25) is 6.04 Å². The zero-order valence-electron chi connectivity index (χ0n) is 13.0. The molecule has 0 aromatic carbocycles. The molecular formula is C15H27NO3Si. The van der Waals surface area contributed by atoms with Gasteiger partial charge in [0, 0.05) is 32.4 Å². The van der Waals surface area contributed by atoms with Gasteiger partial charge in [-0.2, -0.15) is 0 Å². The lowest BCUT2D eigenvalue weighted by atomic mass is 10.4. The summed E-state index contributed by atoms with van der Waals surface area (Å²) in [7, 11) is -2.54. The third kappa shape index (κ3) is 7.69. The first-order valence-corrected chi connectivity index (χ1v) is 9.12. The summed E-state index contributed by atoms with van der Waals surface area (Å²) in [4.78, 5) is 2.06. The average Bonchev–Trinajstić information content (AvgIpc) is 2.40. The molecule has 0 spiro atoms. The maximum Gasteiger partial charge on any atom is 0.500 e. The molecule has 0 bridgehead atoms. The van der Waals surface area contributed by atoms with Crippen LogP contribution in [0.4, 0.5) is 0 Å². The first-order chi connectivity index (χ1) is 9.67. The molecule has 114 valence electrons.